The summed E-state index contributed by atoms with van der Waals surface area (Å²) in [5.41, 5.74) is 0.991. The fourth-order valence-electron chi connectivity index (χ4n) is 3.36. The molecule has 0 fully saturated rings. The Morgan fingerprint density at radius 1 is 0.949 bits per heavy atom. The zero-order valence-electron chi connectivity index (χ0n) is 20.6. The van der Waals surface area contributed by atoms with Gasteiger partial charge in [-0.2, -0.15) is 0 Å². The zero-order chi connectivity index (χ0) is 27.8. The molecule has 0 bridgehead atoms. The maximum Gasteiger partial charge on any atom is 0.272 e. The second-order valence-electron chi connectivity index (χ2n) is 8.25. The molecule has 0 spiro atoms. The Labute approximate surface area is 237 Å². The Morgan fingerprint density at radius 3 is 2.36 bits per heavy atom. The van der Waals surface area contributed by atoms with Gasteiger partial charge in [-0.25, -0.2) is 4.39 Å². The van der Waals surface area contributed by atoms with Gasteiger partial charge in [-0.1, -0.05) is 34.1 Å². The van der Waals surface area contributed by atoms with Crippen molar-refractivity contribution in [2.45, 2.75) is 17.1 Å². The number of halogens is 2. The number of anilines is 2. The third kappa shape index (κ3) is 7.92. The van der Waals surface area contributed by atoms with Crippen LogP contribution in [0.2, 0.25) is 0 Å². The molecule has 3 amide bonds. The molecule has 7 nitrogen and oxygen atoms in total. The van der Waals surface area contributed by atoms with Gasteiger partial charge in [-0.3, -0.25) is 14.4 Å². The van der Waals surface area contributed by atoms with Crippen molar-refractivity contribution in [1.82, 2.24) is 5.32 Å². The van der Waals surface area contributed by atoms with E-state index in [-0.39, 0.29) is 17.3 Å². The van der Waals surface area contributed by atoms with Gasteiger partial charge in [0.05, 0.1) is 17.2 Å². The van der Waals surface area contributed by atoms with Gasteiger partial charge in [-0.05, 0) is 73.7 Å². The second-order valence-corrected chi connectivity index (χ2v) is 10.6. The number of furan rings is 1. The highest BCUT2D eigenvalue weighted by Crippen LogP contribution is 2.27. The van der Waals surface area contributed by atoms with Crippen LogP contribution < -0.4 is 16.0 Å². The lowest BCUT2D eigenvalue weighted by atomic mass is 10.2. The average molecular weight is 608 g/mol. The number of amides is 3. The first-order chi connectivity index (χ1) is 18.8. The maximum absolute atomic E-state index is 14.1. The summed E-state index contributed by atoms with van der Waals surface area (Å²) in [7, 11) is 0. The first kappa shape index (κ1) is 27.9. The molecule has 39 heavy (non-hydrogen) atoms. The van der Waals surface area contributed by atoms with E-state index < -0.39 is 22.9 Å². The van der Waals surface area contributed by atoms with Crippen molar-refractivity contribution in [1.29, 1.82) is 0 Å². The number of carbonyl (C=O) groups is 3. The lowest BCUT2D eigenvalue weighted by molar-refractivity contribution is -0.115. The molecule has 4 rings (SSSR count). The maximum atomic E-state index is 14.1. The Hall–Kier alpha value is -4.15. The molecule has 0 aliphatic heterocycles. The van der Waals surface area contributed by atoms with Gasteiger partial charge in [-0.15, -0.1) is 11.8 Å². The van der Waals surface area contributed by atoms with Crippen LogP contribution >= 0.6 is 27.7 Å². The topological polar surface area (TPSA) is 100 Å². The van der Waals surface area contributed by atoms with Gasteiger partial charge in [0.15, 0.2) is 0 Å². The molecular weight excluding hydrogens is 585 g/mol. The van der Waals surface area contributed by atoms with Crippen molar-refractivity contribution in [3.63, 3.8) is 0 Å². The van der Waals surface area contributed by atoms with Crippen molar-refractivity contribution < 1.29 is 23.2 Å². The molecule has 0 radical (unpaired) electrons. The number of hydrogen-bond donors (Lipinski definition) is 3. The summed E-state index contributed by atoms with van der Waals surface area (Å²) in [5.74, 6) is -1.46. The summed E-state index contributed by atoms with van der Waals surface area (Å²) in [6.07, 6.45) is 2.91. The van der Waals surface area contributed by atoms with Crippen molar-refractivity contribution in [3.8, 4) is 0 Å². The summed E-state index contributed by atoms with van der Waals surface area (Å²) in [5, 5.41) is 7.48. The van der Waals surface area contributed by atoms with Crippen LogP contribution in [-0.4, -0.2) is 23.0 Å². The molecular formula is C29H23BrFN3O4S. The van der Waals surface area contributed by atoms with Crippen LogP contribution in [0.1, 0.15) is 23.0 Å². The highest BCUT2D eigenvalue weighted by Gasteiger charge is 2.18. The van der Waals surface area contributed by atoms with Crippen LogP contribution in [0.25, 0.3) is 6.08 Å². The Kier molecular flexibility index (Phi) is 9.35. The van der Waals surface area contributed by atoms with Gasteiger partial charge in [0, 0.05) is 26.7 Å². The number of nitrogens with one attached hydrogen (secondary N) is 3. The second kappa shape index (κ2) is 13.1. The fraction of sp³-hybridized carbons (Fsp3) is 0.0690. The number of hydrogen-bond acceptors (Lipinski definition) is 5. The summed E-state index contributed by atoms with van der Waals surface area (Å²) >= 11 is 4.47. The summed E-state index contributed by atoms with van der Waals surface area (Å²) in [6.45, 7) is 1.72. The average Bonchev–Trinajstić information content (AvgIpc) is 3.44. The van der Waals surface area contributed by atoms with E-state index in [1.165, 1.54) is 36.2 Å². The predicted octanol–water partition coefficient (Wildman–Crippen LogP) is 6.71. The molecule has 3 N–H and O–H groups in total. The van der Waals surface area contributed by atoms with E-state index in [0.717, 1.165) is 4.90 Å². The van der Waals surface area contributed by atoms with E-state index in [1.807, 2.05) is 0 Å². The van der Waals surface area contributed by atoms with Gasteiger partial charge < -0.3 is 20.4 Å². The highest BCUT2D eigenvalue weighted by molar-refractivity contribution is 9.10. The molecule has 1 unspecified atom stereocenters. The third-order valence-electron chi connectivity index (χ3n) is 5.34. The minimum atomic E-state index is -0.541. The molecule has 3 aromatic carbocycles. The fourth-order valence-corrected chi connectivity index (χ4v) is 4.56. The van der Waals surface area contributed by atoms with E-state index >= 15 is 0 Å². The van der Waals surface area contributed by atoms with Crippen LogP contribution in [0.5, 0.6) is 0 Å². The first-order valence-electron chi connectivity index (χ1n) is 11.7. The smallest absolute Gasteiger partial charge is 0.272 e. The van der Waals surface area contributed by atoms with Gasteiger partial charge in [0.2, 0.25) is 5.91 Å². The minimum Gasteiger partial charge on any atom is -0.465 e. The van der Waals surface area contributed by atoms with E-state index in [0.29, 0.717) is 21.5 Å². The summed E-state index contributed by atoms with van der Waals surface area (Å²) in [6, 6.07) is 23.2. The molecule has 0 saturated heterocycles. The monoisotopic (exact) mass is 607 g/mol. The van der Waals surface area contributed by atoms with Gasteiger partial charge in [0.1, 0.15) is 17.3 Å². The molecule has 4 aromatic rings. The van der Waals surface area contributed by atoms with Crippen LogP contribution in [-0.2, 0) is 9.59 Å². The number of benzene rings is 3. The Balaban J connectivity index is 1.39. The quantitative estimate of drug-likeness (QED) is 0.145. The number of rotatable bonds is 9. The lowest BCUT2D eigenvalue weighted by Crippen LogP contribution is -2.30. The van der Waals surface area contributed by atoms with Gasteiger partial charge in [0.25, 0.3) is 11.8 Å². The van der Waals surface area contributed by atoms with E-state index in [4.69, 9.17) is 4.42 Å². The molecule has 1 heterocycles. The van der Waals surface area contributed by atoms with Crippen molar-refractivity contribution >= 4 is 62.9 Å². The van der Waals surface area contributed by atoms with E-state index in [1.54, 1.807) is 79.7 Å². The molecule has 1 aromatic heterocycles. The van der Waals surface area contributed by atoms with Crippen molar-refractivity contribution in [2.75, 3.05) is 10.6 Å². The molecule has 0 aliphatic rings. The molecule has 0 aliphatic carbocycles. The van der Waals surface area contributed by atoms with Crippen molar-refractivity contribution in [3.05, 3.63) is 119 Å². The van der Waals surface area contributed by atoms with E-state index in [9.17, 15) is 18.8 Å². The van der Waals surface area contributed by atoms with Crippen LogP contribution in [0, 0.1) is 5.82 Å². The van der Waals surface area contributed by atoms with Gasteiger partial charge >= 0.3 is 0 Å². The third-order valence-corrected chi connectivity index (χ3v) is 6.95. The molecule has 198 valence electrons. The predicted molar refractivity (Wildman–Crippen MR) is 154 cm³/mol. The Morgan fingerprint density at radius 2 is 1.69 bits per heavy atom. The first-order valence-corrected chi connectivity index (χ1v) is 13.4. The SMILES string of the molecule is CC(Sc1ccc(NC(=O)/C(=C/c2ccco2)NC(=O)c2ccccc2)cc1)C(=O)Nc1ccc(Br)cc1F. The number of thioether (sulfide) groups is 1. The summed E-state index contributed by atoms with van der Waals surface area (Å²) in [4.78, 5) is 39.0. The van der Waals surface area contributed by atoms with Crippen LogP contribution in [0.15, 0.2) is 111 Å². The highest BCUT2D eigenvalue weighted by atomic mass is 79.9. The van der Waals surface area contributed by atoms with E-state index in [2.05, 4.69) is 31.9 Å². The Bertz CT molecular complexity index is 1490. The lowest BCUT2D eigenvalue weighted by Gasteiger charge is -2.14. The number of carbonyl (C=O) groups excluding carboxylic acids is 3. The molecule has 10 heteroatoms. The minimum absolute atomic E-state index is 0.00252. The molecule has 1 atom stereocenters. The zero-order valence-corrected chi connectivity index (χ0v) is 23.0. The normalized spacial score (nSPS) is 11.9. The summed E-state index contributed by atoms with van der Waals surface area (Å²) < 4.78 is 19.9. The van der Waals surface area contributed by atoms with Crippen LogP contribution in [0.3, 0.4) is 0 Å². The largest absolute Gasteiger partial charge is 0.465 e. The van der Waals surface area contributed by atoms with Crippen molar-refractivity contribution in [2.24, 2.45) is 0 Å². The molecule has 0 saturated carbocycles. The standard InChI is InChI=1S/C29H23BrFN3O4S/c1-18(27(35)33-25-14-9-20(30)16-24(25)31)39-23-12-10-21(11-13-23)32-29(37)26(17-22-8-5-15-38-22)34-28(36)19-6-3-2-4-7-19/h2-18H,1H3,(H,32,37)(H,33,35)(H,34,36)/b26-17-. The van der Waals surface area contributed by atoms with Crippen LogP contribution in [0.4, 0.5) is 15.8 Å².